The van der Waals surface area contributed by atoms with E-state index in [1.54, 1.807) is 24.4 Å². The van der Waals surface area contributed by atoms with E-state index in [0.717, 1.165) is 43.4 Å². The van der Waals surface area contributed by atoms with Crippen LogP contribution >= 0.6 is 11.6 Å². The molecule has 2 atom stereocenters. The summed E-state index contributed by atoms with van der Waals surface area (Å²) in [4.78, 5) is 20.1. The smallest absolute Gasteiger partial charge is 0.339 e. The van der Waals surface area contributed by atoms with Crippen molar-refractivity contribution in [2.24, 2.45) is 11.5 Å². The molecule has 4 aromatic rings. The highest BCUT2D eigenvalue weighted by Crippen LogP contribution is 2.31. The van der Waals surface area contributed by atoms with Crippen molar-refractivity contribution in [3.05, 3.63) is 81.1 Å². The van der Waals surface area contributed by atoms with E-state index in [0.29, 0.717) is 34.5 Å². The maximum atomic E-state index is 15.0. The van der Waals surface area contributed by atoms with Gasteiger partial charge in [-0.25, -0.2) is 9.18 Å². The van der Waals surface area contributed by atoms with Crippen LogP contribution in [-0.2, 0) is 6.42 Å². The van der Waals surface area contributed by atoms with Gasteiger partial charge in [-0.3, -0.25) is 4.57 Å². The van der Waals surface area contributed by atoms with Crippen LogP contribution in [0.25, 0.3) is 28.0 Å². The first-order valence-corrected chi connectivity index (χ1v) is 13.0. The lowest BCUT2D eigenvalue weighted by atomic mass is 10.0. The maximum Gasteiger partial charge on any atom is 0.354 e. The molecule has 0 unspecified atom stereocenters. The topological polar surface area (TPSA) is 115 Å². The molecule has 0 aliphatic carbocycles. The monoisotopic (exact) mass is 524 g/mol. The van der Waals surface area contributed by atoms with Crippen molar-refractivity contribution in [1.82, 2.24) is 19.9 Å². The number of nitrogens with zero attached hydrogens (tertiary/aromatic N) is 2. The number of benzene rings is 2. The van der Waals surface area contributed by atoms with Gasteiger partial charge in [-0.1, -0.05) is 23.7 Å². The minimum atomic E-state index is -0.510. The molecule has 0 fully saturated rings. The first kappa shape index (κ1) is 27.0. The Morgan fingerprint density at radius 1 is 1.16 bits per heavy atom. The Hall–Kier alpha value is -3.04. The molecule has 4 rings (SSSR count). The van der Waals surface area contributed by atoms with Crippen LogP contribution in [0.15, 0.2) is 53.5 Å². The van der Waals surface area contributed by atoms with Gasteiger partial charge in [0.1, 0.15) is 5.65 Å². The third-order valence-corrected chi connectivity index (χ3v) is 6.79. The summed E-state index contributed by atoms with van der Waals surface area (Å²) >= 11 is 6.22. The molecule has 7 nitrogen and oxygen atoms in total. The van der Waals surface area contributed by atoms with Crippen molar-refractivity contribution in [3.8, 4) is 16.9 Å². The molecule has 0 radical (unpaired) electrons. The van der Waals surface area contributed by atoms with Crippen molar-refractivity contribution in [2.45, 2.75) is 51.6 Å². The molecular formula is C28H34ClFN6O. The van der Waals surface area contributed by atoms with Crippen LogP contribution in [0.2, 0.25) is 5.02 Å². The summed E-state index contributed by atoms with van der Waals surface area (Å²) in [6.45, 7) is 5.55. The SMILES string of the molecule is C[C@H](N)CCCc1cc(Cl)c(F)c(-c2cc3cn(-c4ccc([C@H](C)NCCCN)cc4)c(=O)nc3[nH]2)c1. The number of aromatic amines is 1. The second kappa shape index (κ2) is 12.0. The third kappa shape index (κ3) is 6.45. The maximum absolute atomic E-state index is 15.0. The van der Waals surface area contributed by atoms with Crippen molar-refractivity contribution >= 4 is 22.6 Å². The van der Waals surface area contributed by atoms with Crippen LogP contribution < -0.4 is 22.5 Å². The molecule has 196 valence electrons. The molecule has 0 saturated heterocycles. The van der Waals surface area contributed by atoms with E-state index >= 15 is 4.39 Å². The molecule has 9 heteroatoms. The molecule has 2 heterocycles. The Kier molecular flexibility index (Phi) is 8.76. The summed E-state index contributed by atoms with van der Waals surface area (Å²) in [6.07, 6.45) is 5.13. The Morgan fingerprint density at radius 3 is 2.62 bits per heavy atom. The highest BCUT2D eigenvalue weighted by molar-refractivity contribution is 6.31. The number of rotatable bonds is 11. The van der Waals surface area contributed by atoms with E-state index in [2.05, 4.69) is 22.2 Å². The van der Waals surface area contributed by atoms with E-state index in [1.807, 2.05) is 31.2 Å². The average Bonchev–Trinajstić information content (AvgIpc) is 3.28. The molecule has 0 aliphatic rings. The fourth-order valence-corrected chi connectivity index (χ4v) is 4.64. The number of hydrogen-bond donors (Lipinski definition) is 4. The van der Waals surface area contributed by atoms with Crippen LogP contribution in [-0.4, -0.2) is 33.7 Å². The zero-order chi connectivity index (χ0) is 26.5. The molecule has 6 N–H and O–H groups in total. The number of hydrogen-bond acceptors (Lipinski definition) is 5. The third-order valence-electron chi connectivity index (χ3n) is 6.51. The lowest BCUT2D eigenvalue weighted by molar-refractivity contribution is 0.562. The van der Waals surface area contributed by atoms with Gasteiger partial charge in [0.05, 0.1) is 16.4 Å². The molecule has 2 aromatic heterocycles. The first-order valence-electron chi connectivity index (χ1n) is 12.7. The normalized spacial score (nSPS) is 13.2. The van der Waals surface area contributed by atoms with Crippen molar-refractivity contribution in [3.63, 3.8) is 0 Å². The number of fused-ring (bicyclic) bond motifs is 1. The highest BCUT2D eigenvalue weighted by Gasteiger charge is 2.16. The second-order valence-corrected chi connectivity index (χ2v) is 10.0. The predicted molar refractivity (Wildman–Crippen MR) is 149 cm³/mol. The number of nitrogens with one attached hydrogen (secondary N) is 2. The van der Waals surface area contributed by atoms with Crippen molar-refractivity contribution in [1.29, 1.82) is 0 Å². The van der Waals surface area contributed by atoms with E-state index < -0.39 is 11.5 Å². The van der Waals surface area contributed by atoms with Gasteiger partial charge >= 0.3 is 5.69 Å². The zero-order valence-corrected chi connectivity index (χ0v) is 22.0. The number of aryl methyl sites for hydroxylation is 1. The quantitative estimate of drug-likeness (QED) is 0.209. The fourth-order valence-electron chi connectivity index (χ4n) is 4.40. The van der Waals surface area contributed by atoms with Gasteiger partial charge in [0.25, 0.3) is 0 Å². The summed E-state index contributed by atoms with van der Waals surface area (Å²) in [5, 5.41) is 4.18. The van der Waals surface area contributed by atoms with Crippen LogP contribution in [0.3, 0.4) is 0 Å². The molecule has 0 aliphatic heterocycles. The molecule has 0 bridgehead atoms. The van der Waals surface area contributed by atoms with Crippen LogP contribution in [0.1, 0.15) is 50.3 Å². The molecule has 2 aromatic carbocycles. The van der Waals surface area contributed by atoms with Gasteiger partial charge in [0.15, 0.2) is 5.82 Å². The lowest BCUT2D eigenvalue weighted by Crippen LogP contribution is -2.22. The number of halogens is 2. The van der Waals surface area contributed by atoms with Gasteiger partial charge in [-0.15, -0.1) is 0 Å². The van der Waals surface area contributed by atoms with E-state index in [1.165, 1.54) is 4.57 Å². The molecule has 0 amide bonds. The average molecular weight is 525 g/mol. The molecule has 37 heavy (non-hydrogen) atoms. The Labute approximate surface area is 221 Å². The van der Waals surface area contributed by atoms with Gasteiger partial charge in [0, 0.05) is 29.2 Å². The van der Waals surface area contributed by atoms with Gasteiger partial charge in [0.2, 0.25) is 0 Å². The van der Waals surface area contributed by atoms with Gasteiger partial charge < -0.3 is 21.8 Å². The fraction of sp³-hybridized carbons (Fsp3) is 0.357. The summed E-state index contributed by atoms with van der Waals surface area (Å²) in [5.74, 6) is -0.510. The Morgan fingerprint density at radius 2 is 1.92 bits per heavy atom. The minimum absolute atomic E-state index is 0.0614. The Bertz CT molecular complexity index is 1410. The number of nitrogens with two attached hydrogens (primary N) is 2. The van der Waals surface area contributed by atoms with Crippen LogP contribution in [0, 0.1) is 5.82 Å². The lowest BCUT2D eigenvalue weighted by Gasteiger charge is -2.14. The predicted octanol–water partition coefficient (Wildman–Crippen LogP) is 4.84. The largest absolute Gasteiger partial charge is 0.354 e. The highest BCUT2D eigenvalue weighted by atomic mass is 35.5. The zero-order valence-electron chi connectivity index (χ0n) is 21.2. The summed E-state index contributed by atoms with van der Waals surface area (Å²) in [7, 11) is 0. The minimum Gasteiger partial charge on any atom is -0.339 e. The molecular weight excluding hydrogens is 491 g/mol. The second-order valence-electron chi connectivity index (χ2n) is 9.60. The van der Waals surface area contributed by atoms with Gasteiger partial charge in [-0.05, 0) is 94.1 Å². The van der Waals surface area contributed by atoms with Crippen molar-refractivity contribution < 1.29 is 4.39 Å². The van der Waals surface area contributed by atoms with E-state index in [9.17, 15) is 4.79 Å². The summed E-state index contributed by atoms with van der Waals surface area (Å²) in [5.41, 5.74) is 15.0. The summed E-state index contributed by atoms with van der Waals surface area (Å²) < 4.78 is 16.5. The Balaban J connectivity index is 1.61. The van der Waals surface area contributed by atoms with Gasteiger partial charge in [-0.2, -0.15) is 4.98 Å². The number of aromatic nitrogens is 3. The molecule has 0 saturated carbocycles. The van der Waals surface area contributed by atoms with E-state index in [-0.39, 0.29) is 17.1 Å². The molecule has 0 spiro atoms. The van der Waals surface area contributed by atoms with E-state index in [4.69, 9.17) is 23.1 Å². The standard InChI is InChI=1S/C28H34ClFN6O/c1-17(32)5-3-6-19-13-23(26(30)24(29)14-19)25-15-21-16-36(28(37)35-27(21)34-25)22-9-7-20(8-10-22)18(2)33-12-4-11-31/h7-10,13-18,33H,3-6,11-12,31-32H2,1-2H3,(H,34,35,37)/t17-,18-/m0/s1. The van der Waals surface area contributed by atoms with Crippen LogP contribution in [0.5, 0.6) is 0 Å². The first-order chi connectivity index (χ1) is 17.8. The van der Waals surface area contributed by atoms with Crippen LogP contribution in [0.4, 0.5) is 4.39 Å². The number of H-pyrrole nitrogens is 1. The van der Waals surface area contributed by atoms with Crippen molar-refractivity contribution in [2.75, 3.05) is 13.1 Å². The summed E-state index contributed by atoms with van der Waals surface area (Å²) in [6, 6.07) is 13.3.